The number of benzene rings is 1. The van der Waals surface area contributed by atoms with Crippen LogP contribution in [0.4, 0.5) is 5.69 Å². The molecule has 3 aliphatic rings. The molecule has 5 rings (SSSR count). The maximum absolute atomic E-state index is 12.5. The quantitative estimate of drug-likeness (QED) is 0.812. The van der Waals surface area contributed by atoms with Crippen molar-refractivity contribution in [3.05, 3.63) is 44.9 Å². The Kier molecular flexibility index (Phi) is 4.58. The number of aromatic nitrogens is 1. The number of amides is 1. The third-order valence-corrected chi connectivity index (χ3v) is 7.02. The summed E-state index contributed by atoms with van der Waals surface area (Å²) in [5, 5.41) is 3.99. The number of anilines is 1. The summed E-state index contributed by atoms with van der Waals surface area (Å²) >= 11 is 1.76. The molecule has 1 aromatic heterocycles. The van der Waals surface area contributed by atoms with Crippen LogP contribution in [0, 0.1) is 0 Å². The van der Waals surface area contributed by atoms with Gasteiger partial charge in [-0.05, 0) is 81.8 Å². The van der Waals surface area contributed by atoms with E-state index in [1.54, 1.807) is 11.3 Å². The Morgan fingerprint density at radius 1 is 1.15 bits per heavy atom. The van der Waals surface area contributed by atoms with Crippen LogP contribution in [0.2, 0.25) is 0 Å². The third kappa shape index (κ3) is 3.46. The molecule has 1 saturated heterocycles. The fourth-order valence-corrected chi connectivity index (χ4v) is 5.48. The number of nitrogens with zero attached hydrogens (tertiary/aromatic N) is 2. The molecule has 1 amide bonds. The first-order valence-corrected chi connectivity index (χ1v) is 11.0. The normalized spacial score (nSPS) is 20.7. The van der Waals surface area contributed by atoms with Crippen molar-refractivity contribution >= 4 is 34.6 Å². The van der Waals surface area contributed by atoms with E-state index in [1.807, 2.05) is 6.08 Å². The summed E-state index contributed by atoms with van der Waals surface area (Å²) in [6, 6.07) is 6.41. The van der Waals surface area contributed by atoms with Crippen LogP contribution in [0.5, 0.6) is 0 Å². The Labute approximate surface area is 164 Å². The molecule has 5 heteroatoms. The largest absolute Gasteiger partial charge is 0.321 e. The minimum Gasteiger partial charge on any atom is -0.321 e. The Morgan fingerprint density at radius 3 is 2.85 bits per heavy atom. The summed E-state index contributed by atoms with van der Waals surface area (Å²) < 4.78 is 0. The maximum Gasteiger partial charge on any atom is 0.256 e. The minimum absolute atomic E-state index is 0.00475. The second-order valence-corrected chi connectivity index (χ2v) is 8.94. The van der Waals surface area contributed by atoms with Crippen molar-refractivity contribution in [2.75, 3.05) is 25.0 Å². The fraction of sp³-hybridized carbons (Fsp3) is 0.455. The number of rotatable bonds is 4. The predicted molar refractivity (Wildman–Crippen MR) is 111 cm³/mol. The van der Waals surface area contributed by atoms with Gasteiger partial charge in [0.25, 0.3) is 5.91 Å². The van der Waals surface area contributed by atoms with Gasteiger partial charge in [-0.3, -0.25) is 4.79 Å². The molecule has 1 fully saturated rings. The predicted octanol–water partition coefficient (Wildman–Crippen LogP) is 4.15. The van der Waals surface area contributed by atoms with Gasteiger partial charge in [-0.15, -0.1) is 11.3 Å². The number of carbonyl (C=O) groups is 1. The summed E-state index contributed by atoms with van der Waals surface area (Å²) in [7, 11) is 0. The zero-order valence-corrected chi connectivity index (χ0v) is 16.4. The second kappa shape index (κ2) is 7.21. The first-order chi connectivity index (χ1) is 13.3. The van der Waals surface area contributed by atoms with Crippen molar-refractivity contribution in [1.82, 2.24) is 9.88 Å². The molecule has 4 nitrogen and oxygen atoms in total. The minimum atomic E-state index is -0.00475. The summed E-state index contributed by atoms with van der Waals surface area (Å²) in [4.78, 5) is 21.3. The van der Waals surface area contributed by atoms with Crippen LogP contribution in [0.3, 0.4) is 0 Å². The van der Waals surface area contributed by atoms with E-state index in [2.05, 4.69) is 28.4 Å². The smallest absolute Gasteiger partial charge is 0.256 e. The molecule has 27 heavy (non-hydrogen) atoms. The Morgan fingerprint density at radius 2 is 2.00 bits per heavy atom. The van der Waals surface area contributed by atoms with Gasteiger partial charge >= 0.3 is 0 Å². The van der Waals surface area contributed by atoms with E-state index in [9.17, 15) is 4.79 Å². The van der Waals surface area contributed by atoms with E-state index in [0.29, 0.717) is 0 Å². The SMILES string of the molecule is O=C1Nc2ccc(CCN3CCCC3)cc2C1=Cc1nc2c(s1)CCCC2. The molecular formula is C22H25N3OS. The number of fused-ring (bicyclic) bond motifs is 2. The molecule has 0 unspecified atom stereocenters. The van der Waals surface area contributed by atoms with Crippen molar-refractivity contribution in [2.45, 2.75) is 44.9 Å². The van der Waals surface area contributed by atoms with Gasteiger partial charge in [-0.25, -0.2) is 4.98 Å². The Balaban J connectivity index is 1.40. The molecule has 1 N–H and O–H groups in total. The number of hydrogen-bond acceptors (Lipinski definition) is 4. The van der Waals surface area contributed by atoms with Crippen molar-refractivity contribution in [1.29, 1.82) is 0 Å². The molecular weight excluding hydrogens is 354 g/mol. The van der Waals surface area contributed by atoms with Gasteiger partial charge in [-0.2, -0.15) is 0 Å². The molecule has 0 saturated carbocycles. The van der Waals surface area contributed by atoms with Crippen LogP contribution in [0.15, 0.2) is 18.2 Å². The van der Waals surface area contributed by atoms with E-state index in [4.69, 9.17) is 4.98 Å². The topological polar surface area (TPSA) is 45.2 Å². The average molecular weight is 380 g/mol. The zero-order valence-electron chi connectivity index (χ0n) is 15.6. The highest BCUT2D eigenvalue weighted by atomic mass is 32.1. The number of thiazole rings is 1. The van der Waals surface area contributed by atoms with Gasteiger partial charge in [0.2, 0.25) is 0 Å². The molecule has 2 aliphatic heterocycles. The van der Waals surface area contributed by atoms with Crippen molar-refractivity contribution in [2.24, 2.45) is 0 Å². The summed E-state index contributed by atoms with van der Waals surface area (Å²) in [6.07, 6.45) is 10.4. The highest BCUT2D eigenvalue weighted by Crippen LogP contribution is 2.36. The molecule has 0 spiro atoms. The first kappa shape index (κ1) is 17.1. The Bertz CT molecular complexity index is 885. The highest BCUT2D eigenvalue weighted by molar-refractivity contribution is 7.12. The van der Waals surface area contributed by atoms with Crippen LogP contribution in [-0.4, -0.2) is 35.4 Å². The van der Waals surface area contributed by atoms with Gasteiger partial charge in [0.1, 0.15) is 5.01 Å². The number of likely N-dealkylation sites (tertiary alicyclic amines) is 1. The number of aryl methyl sites for hydroxylation is 2. The molecule has 1 aromatic carbocycles. The van der Waals surface area contributed by atoms with Crippen molar-refractivity contribution in [3.8, 4) is 0 Å². The molecule has 0 bridgehead atoms. The highest BCUT2D eigenvalue weighted by Gasteiger charge is 2.25. The third-order valence-electron chi connectivity index (χ3n) is 5.91. The molecule has 0 atom stereocenters. The van der Waals surface area contributed by atoms with Crippen LogP contribution >= 0.6 is 11.3 Å². The lowest BCUT2D eigenvalue weighted by Gasteiger charge is -2.14. The van der Waals surface area contributed by atoms with Crippen LogP contribution in [0.1, 0.15) is 52.4 Å². The lowest BCUT2D eigenvalue weighted by Crippen LogP contribution is -2.21. The van der Waals surface area contributed by atoms with E-state index in [1.165, 1.54) is 54.9 Å². The molecule has 1 aliphatic carbocycles. The van der Waals surface area contributed by atoms with Gasteiger partial charge in [0.05, 0.1) is 11.3 Å². The monoisotopic (exact) mass is 379 g/mol. The summed E-state index contributed by atoms with van der Waals surface area (Å²) in [5.74, 6) is -0.00475. The van der Waals surface area contributed by atoms with Crippen LogP contribution in [0.25, 0.3) is 11.6 Å². The first-order valence-electron chi connectivity index (χ1n) is 10.1. The van der Waals surface area contributed by atoms with E-state index >= 15 is 0 Å². The van der Waals surface area contributed by atoms with Gasteiger partial charge in [0.15, 0.2) is 0 Å². The molecule has 140 valence electrons. The molecule has 0 radical (unpaired) electrons. The van der Waals surface area contributed by atoms with E-state index < -0.39 is 0 Å². The van der Waals surface area contributed by atoms with E-state index in [0.717, 1.165) is 47.6 Å². The van der Waals surface area contributed by atoms with Crippen molar-refractivity contribution in [3.63, 3.8) is 0 Å². The molecule has 2 aromatic rings. The van der Waals surface area contributed by atoms with Crippen molar-refractivity contribution < 1.29 is 4.79 Å². The van der Waals surface area contributed by atoms with Crippen LogP contribution < -0.4 is 5.32 Å². The lowest BCUT2D eigenvalue weighted by atomic mass is 10.0. The van der Waals surface area contributed by atoms with Gasteiger partial charge in [0, 0.05) is 22.7 Å². The Hall–Kier alpha value is -1.98. The van der Waals surface area contributed by atoms with Crippen LogP contribution in [-0.2, 0) is 24.1 Å². The average Bonchev–Trinajstić information content (AvgIpc) is 3.39. The standard InChI is InChI=1S/C22H25N3OS/c26-22-17(14-21-23-19-5-1-2-6-20(19)27-21)16-13-15(7-8-18(16)24-22)9-12-25-10-3-4-11-25/h7-8,13-14H,1-6,9-12H2,(H,24,26). The van der Waals surface area contributed by atoms with E-state index in [-0.39, 0.29) is 5.91 Å². The lowest BCUT2D eigenvalue weighted by molar-refractivity contribution is -0.110. The number of nitrogens with one attached hydrogen (secondary N) is 1. The second-order valence-electron chi connectivity index (χ2n) is 7.82. The fourth-order valence-electron chi connectivity index (χ4n) is 4.38. The number of carbonyl (C=O) groups excluding carboxylic acids is 1. The maximum atomic E-state index is 12.5. The number of hydrogen-bond donors (Lipinski definition) is 1. The van der Waals surface area contributed by atoms with Gasteiger partial charge < -0.3 is 10.2 Å². The van der Waals surface area contributed by atoms with Gasteiger partial charge in [-0.1, -0.05) is 6.07 Å². The zero-order chi connectivity index (χ0) is 18.2. The summed E-state index contributed by atoms with van der Waals surface area (Å²) in [6.45, 7) is 3.56. The molecule has 3 heterocycles. The summed E-state index contributed by atoms with van der Waals surface area (Å²) in [5.41, 5.74) is 5.28.